The molecule has 0 amide bonds. The molecule has 0 aromatic carbocycles. The lowest BCUT2D eigenvalue weighted by Gasteiger charge is -2.65. The summed E-state index contributed by atoms with van der Waals surface area (Å²) in [6.45, 7) is 4.75. The van der Waals surface area contributed by atoms with E-state index in [0.717, 1.165) is 19.3 Å². The highest BCUT2D eigenvalue weighted by Gasteiger charge is 2.60. The fraction of sp³-hybridized carbons (Fsp3) is 0.792. The average molecular weight is 620 g/mol. The van der Waals surface area contributed by atoms with Gasteiger partial charge in [-0.1, -0.05) is 13.8 Å². The van der Waals surface area contributed by atoms with Crippen molar-refractivity contribution in [1.29, 1.82) is 0 Å². The number of aliphatic hydroxyl groups is 2. The number of hydrogen-bond donors (Lipinski definition) is 5. The van der Waals surface area contributed by atoms with E-state index >= 15 is 0 Å². The van der Waals surface area contributed by atoms with Crippen LogP contribution in [0, 0.1) is 16.7 Å². The molecular formula is C24H35ClN5O8PS. The molecule has 5 unspecified atom stereocenters. The van der Waals surface area contributed by atoms with Gasteiger partial charge in [-0.2, -0.15) is 18.4 Å². The normalized spacial score (nSPS) is 40.5. The van der Waals surface area contributed by atoms with Crippen LogP contribution in [0.25, 0.3) is 11.2 Å². The third-order valence-electron chi connectivity index (χ3n) is 9.14. The highest BCUT2D eigenvalue weighted by atomic mass is 35.5. The molecule has 0 spiro atoms. The van der Waals surface area contributed by atoms with Crippen molar-refractivity contribution in [2.24, 2.45) is 16.7 Å². The molecule has 7 rings (SSSR count). The van der Waals surface area contributed by atoms with Crippen LogP contribution in [-0.2, 0) is 19.4 Å². The number of hydrogen-bond acceptors (Lipinski definition) is 10. The second-order valence-corrected chi connectivity index (χ2v) is 18.0. The summed E-state index contributed by atoms with van der Waals surface area (Å²) in [5.41, 5.74) is -0.167. The third kappa shape index (κ3) is 5.30. The number of imidazole rings is 1. The molecule has 5 aliphatic rings. The lowest BCUT2D eigenvalue weighted by atomic mass is 9.43. The highest BCUT2D eigenvalue weighted by Crippen LogP contribution is 2.67. The zero-order chi connectivity index (χ0) is 28.9. The van der Waals surface area contributed by atoms with E-state index < -0.39 is 53.7 Å². The number of rotatable bonds is 8. The van der Waals surface area contributed by atoms with E-state index in [9.17, 15) is 28.1 Å². The van der Waals surface area contributed by atoms with Crippen molar-refractivity contribution in [2.75, 3.05) is 17.0 Å². The predicted octanol–water partition coefficient (Wildman–Crippen LogP) is 2.77. The van der Waals surface area contributed by atoms with Crippen LogP contribution in [0.2, 0.25) is 5.28 Å². The number of fused-ring (bicyclic) bond motifs is 1. The van der Waals surface area contributed by atoms with E-state index in [-0.39, 0.29) is 28.1 Å². The summed E-state index contributed by atoms with van der Waals surface area (Å²) >= 11 is 6.36. The van der Waals surface area contributed by atoms with Gasteiger partial charge in [0, 0.05) is 11.7 Å². The SMILES string of the molecule is C[C@]12C[C@@H]3C[C@](C)(C1)C[C@@](Nc1nc(Cl)nc4c1ncn4C1OC(CCP(=O)(O)CS(=O)(=O)O)C(O)C1O)(C3)C2. The number of anilines is 1. The molecule has 0 radical (unpaired) electrons. The molecule has 13 nitrogen and oxygen atoms in total. The Morgan fingerprint density at radius 3 is 2.45 bits per heavy atom. The van der Waals surface area contributed by atoms with Gasteiger partial charge in [0.25, 0.3) is 10.1 Å². The van der Waals surface area contributed by atoms with Gasteiger partial charge in [-0.15, -0.1) is 0 Å². The van der Waals surface area contributed by atoms with E-state index in [4.69, 9.17) is 20.9 Å². The van der Waals surface area contributed by atoms with Crippen LogP contribution in [0.5, 0.6) is 0 Å². The Bertz CT molecular complexity index is 1490. The van der Waals surface area contributed by atoms with Crippen LogP contribution in [0.1, 0.15) is 65.0 Å². The summed E-state index contributed by atoms with van der Waals surface area (Å²) in [7, 11) is -8.93. The van der Waals surface area contributed by atoms with Crippen LogP contribution in [0.4, 0.5) is 5.82 Å². The summed E-state index contributed by atoms with van der Waals surface area (Å²) in [5, 5.41) is 25.1. The minimum absolute atomic E-state index is 0.0186. The first kappa shape index (κ1) is 28.7. The molecule has 4 aliphatic carbocycles. The van der Waals surface area contributed by atoms with Crippen molar-refractivity contribution in [2.45, 2.75) is 88.9 Å². The fourth-order valence-corrected chi connectivity index (χ4v) is 12.2. The maximum Gasteiger partial charge on any atom is 0.274 e. The topological polar surface area (TPSA) is 197 Å². The molecule has 2 aromatic rings. The van der Waals surface area contributed by atoms with Crippen molar-refractivity contribution >= 4 is 46.1 Å². The van der Waals surface area contributed by atoms with Gasteiger partial charge in [0.05, 0.1) is 12.4 Å². The van der Waals surface area contributed by atoms with Crippen LogP contribution in [-0.4, -0.2) is 83.1 Å². The van der Waals surface area contributed by atoms with Crippen molar-refractivity contribution in [3.8, 4) is 0 Å². The van der Waals surface area contributed by atoms with Gasteiger partial charge in [-0.25, -0.2) is 4.98 Å². The van der Waals surface area contributed by atoms with Crippen molar-refractivity contribution in [3.05, 3.63) is 11.6 Å². The molecule has 222 valence electrons. The lowest BCUT2D eigenvalue weighted by molar-refractivity contribution is -0.0973. The zero-order valence-electron chi connectivity index (χ0n) is 22.3. The molecule has 3 heterocycles. The Morgan fingerprint density at radius 1 is 1.15 bits per heavy atom. The molecule has 5 fully saturated rings. The van der Waals surface area contributed by atoms with Gasteiger partial charge in [-0.05, 0) is 73.3 Å². The average Bonchev–Trinajstić information content (AvgIpc) is 3.29. The van der Waals surface area contributed by atoms with Crippen LogP contribution >= 0.6 is 19.0 Å². The van der Waals surface area contributed by atoms with E-state index in [1.54, 1.807) is 0 Å². The van der Waals surface area contributed by atoms with Gasteiger partial charge < -0.3 is 25.2 Å². The molecular weight excluding hydrogens is 585 g/mol. The molecule has 1 saturated heterocycles. The molecule has 1 aliphatic heterocycles. The van der Waals surface area contributed by atoms with Gasteiger partial charge in [0.2, 0.25) is 12.7 Å². The quantitative estimate of drug-likeness (QED) is 0.165. The van der Waals surface area contributed by atoms with Gasteiger partial charge >= 0.3 is 0 Å². The Hall–Kier alpha value is -1.38. The number of nitrogens with zero attached hydrogens (tertiary/aromatic N) is 4. The lowest BCUT2D eigenvalue weighted by Crippen LogP contribution is -2.61. The second kappa shape index (κ2) is 9.31. The van der Waals surface area contributed by atoms with Crippen molar-refractivity contribution in [1.82, 2.24) is 19.5 Å². The summed E-state index contributed by atoms with van der Waals surface area (Å²) in [4.78, 5) is 23.3. The van der Waals surface area contributed by atoms with Crippen molar-refractivity contribution in [3.63, 3.8) is 0 Å². The molecule has 5 N–H and O–H groups in total. The second-order valence-electron chi connectivity index (χ2n) is 13.3. The summed E-state index contributed by atoms with van der Waals surface area (Å²) < 4.78 is 50.5. The first-order valence-electron chi connectivity index (χ1n) is 13.4. The summed E-state index contributed by atoms with van der Waals surface area (Å²) in [6, 6.07) is 0. The third-order valence-corrected chi connectivity index (χ3v) is 13.2. The van der Waals surface area contributed by atoms with Gasteiger partial charge in [0.1, 0.15) is 12.2 Å². The molecule has 16 heteroatoms. The minimum Gasteiger partial charge on any atom is -0.388 e. The molecule has 2 aromatic heterocycles. The monoisotopic (exact) mass is 619 g/mol. The Balaban J connectivity index is 1.25. The molecule has 9 atom stereocenters. The van der Waals surface area contributed by atoms with E-state index in [1.165, 1.54) is 30.2 Å². The zero-order valence-corrected chi connectivity index (χ0v) is 24.7. The Labute approximate surface area is 236 Å². The Kier molecular flexibility index (Phi) is 6.68. The number of halogens is 1. The van der Waals surface area contributed by atoms with Crippen LogP contribution in [0.15, 0.2) is 6.33 Å². The molecule has 4 bridgehead atoms. The first-order chi connectivity index (χ1) is 18.5. The molecule has 40 heavy (non-hydrogen) atoms. The maximum atomic E-state index is 12.2. The van der Waals surface area contributed by atoms with Gasteiger partial charge in [0.15, 0.2) is 28.7 Å². The smallest absolute Gasteiger partial charge is 0.274 e. The number of aliphatic hydroxyl groups excluding tert-OH is 2. The number of ether oxygens (including phenoxy) is 1. The summed E-state index contributed by atoms with van der Waals surface area (Å²) in [6.07, 6.45) is 2.36. The molecule has 4 saturated carbocycles. The van der Waals surface area contributed by atoms with E-state index in [2.05, 4.69) is 34.1 Å². The first-order valence-corrected chi connectivity index (χ1v) is 17.4. The van der Waals surface area contributed by atoms with Crippen LogP contribution < -0.4 is 5.32 Å². The van der Waals surface area contributed by atoms with Crippen LogP contribution in [0.3, 0.4) is 0 Å². The van der Waals surface area contributed by atoms with E-state index in [0.29, 0.717) is 22.9 Å². The Morgan fingerprint density at radius 2 is 1.82 bits per heavy atom. The minimum atomic E-state index is -4.67. The number of nitrogens with one attached hydrogen (secondary N) is 1. The van der Waals surface area contributed by atoms with Gasteiger partial charge in [-0.3, -0.25) is 13.7 Å². The predicted molar refractivity (Wildman–Crippen MR) is 146 cm³/mol. The number of aromatic nitrogens is 4. The standard InChI is InChI=1S/C24H35ClN5O8PS/c1-22-5-13-6-23(2,8-22)10-24(7-13,9-22)29-18-15-19(28-21(25)27-18)30(11-26-15)20-17(32)16(31)14(38-20)3-4-39(33,34)12-40(35,36)37/h11,13-14,16-17,20,31-32H,3-10,12H2,1-2H3,(H,33,34)(H,27,28,29)(H,35,36,37)/t13-,14?,16?,17?,20?,22+,23-,24-. The maximum absolute atomic E-state index is 12.2. The largest absolute Gasteiger partial charge is 0.388 e. The summed E-state index contributed by atoms with van der Waals surface area (Å²) in [5.74, 6) is 1.15. The van der Waals surface area contributed by atoms with E-state index in [1.807, 2.05) is 0 Å². The van der Waals surface area contributed by atoms with Crippen molar-refractivity contribution < 1.29 is 37.4 Å². The fourth-order valence-electron chi connectivity index (χ4n) is 8.85. The highest BCUT2D eigenvalue weighted by molar-refractivity contribution is 7.93.